The molecule has 0 aromatic carbocycles. The van der Waals surface area contributed by atoms with Gasteiger partial charge in [0.2, 0.25) is 5.91 Å². The van der Waals surface area contributed by atoms with Gasteiger partial charge in [-0.25, -0.2) is 0 Å². The number of hydrogen-bond acceptors (Lipinski definition) is 3. The zero-order valence-corrected chi connectivity index (χ0v) is 10.3. The number of carbonyl (C=O) groups excluding carboxylic acids is 1. The van der Waals surface area contributed by atoms with Gasteiger partial charge in [0.1, 0.15) is 0 Å². The highest BCUT2D eigenvalue weighted by atomic mass is 16.3. The van der Waals surface area contributed by atoms with E-state index in [0.29, 0.717) is 18.3 Å². The van der Waals surface area contributed by atoms with Crippen LogP contribution in [0.4, 0.5) is 0 Å². The number of carbonyl (C=O) groups is 1. The summed E-state index contributed by atoms with van der Waals surface area (Å²) in [6.45, 7) is 6.09. The molecule has 4 nitrogen and oxygen atoms in total. The Kier molecular flexibility index (Phi) is 5.77. The number of amides is 1. The third-order valence-electron chi connectivity index (χ3n) is 3.33. The highest BCUT2D eigenvalue weighted by Gasteiger charge is 2.22. The quantitative estimate of drug-likeness (QED) is 0.642. The van der Waals surface area contributed by atoms with Crippen LogP contribution in [-0.2, 0) is 4.79 Å². The lowest BCUT2D eigenvalue weighted by Gasteiger charge is -2.28. The number of piperidine rings is 1. The first kappa shape index (κ1) is 13.5. The van der Waals surface area contributed by atoms with E-state index in [2.05, 4.69) is 17.6 Å². The van der Waals surface area contributed by atoms with Crippen LogP contribution in [0.15, 0.2) is 0 Å². The predicted octanol–water partition coefficient (Wildman–Crippen LogP) is 0.509. The normalized spacial score (nSPS) is 24.8. The van der Waals surface area contributed by atoms with E-state index in [4.69, 9.17) is 5.11 Å². The van der Waals surface area contributed by atoms with E-state index in [1.165, 1.54) is 12.8 Å². The zero-order chi connectivity index (χ0) is 12.0. The molecule has 4 heteroatoms. The molecule has 94 valence electrons. The third-order valence-corrected chi connectivity index (χ3v) is 3.33. The summed E-state index contributed by atoms with van der Waals surface area (Å²) in [4.78, 5) is 11.6. The minimum Gasteiger partial charge on any atom is -0.394 e. The summed E-state index contributed by atoms with van der Waals surface area (Å²) in [6.07, 6.45) is 3.00. The monoisotopic (exact) mass is 228 g/mol. The first-order valence-corrected chi connectivity index (χ1v) is 6.24. The second-order valence-corrected chi connectivity index (χ2v) is 4.94. The molecular weight excluding hydrogens is 204 g/mol. The van der Waals surface area contributed by atoms with Crippen LogP contribution in [0.2, 0.25) is 0 Å². The molecule has 0 aromatic rings. The second kappa shape index (κ2) is 6.86. The highest BCUT2D eigenvalue weighted by Crippen LogP contribution is 2.22. The summed E-state index contributed by atoms with van der Waals surface area (Å²) in [5.74, 6) is 1.09. The Balaban J connectivity index is 2.26. The van der Waals surface area contributed by atoms with E-state index in [9.17, 15) is 4.79 Å². The molecule has 1 aliphatic rings. The molecule has 0 aliphatic carbocycles. The molecule has 0 saturated carbocycles. The molecule has 1 heterocycles. The van der Waals surface area contributed by atoms with Gasteiger partial charge in [0, 0.05) is 12.5 Å². The molecule has 0 spiro atoms. The van der Waals surface area contributed by atoms with E-state index in [1.807, 2.05) is 6.92 Å². The Morgan fingerprint density at radius 3 is 2.88 bits per heavy atom. The lowest BCUT2D eigenvalue weighted by molar-refractivity contribution is -0.123. The predicted molar refractivity (Wildman–Crippen MR) is 64.1 cm³/mol. The maximum atomic E-state index is 11.6. The van der Waals surface area contributed by atoms with Crippen LogP contribution < -0.4 is 10.6 Å². The Morgan fingerprint density at radius 2 is 2.31 bits per heavy atom. The third kappa shape index (κ3) is 4.49. The Hall–Kier alpha value is -0.610. The minimum absolute atomic E-state index is 0.00506. The first-order valence-electron chi connectivity index (χ1n) is 6.24. The molecule has 1 aliphatic heterocycles. The van der Waals surface area contributed by atoms with Gasteiger partial charge in [-0.3, -0.25) is 4.79 Å². The number of nitrogens with one attached hydrogen (secondary N) is 2. The fraction of sp³-hybridized carbons (Fsp3) is 0.917. The Morgan fingerprint density at radius 1 is 1.56 bits per heavy atom. The fourth-order valence-electron chi connectivity index (χ4n) is 2.20. The van der Waals surface area contributed by atoms with Gasteiger partial charge < -0.3 is 15.7 Å². The van der Waals surface area contributed by atoms with Crippen molar-refractivity contribution in [1.82, 2.24) is 10.6 Å². The van der Waals surface area contributed by atoms with Crippen LogP contribution in [0.25, 0.3) is 0 Å². The van der Waals surface area contributed by atoms with Crippen LogP contribution in [0.5, 0.6) is 0 Å². The summed E-state index contributed by atoms with van der Waals surface area (Å²) >= 11 is 0. The van der Waals surface area contributed by atoms with E-state index >= 15 is 0 Å². The summed E-state index contributed by atoms with van der Waals surface area (Å²) in [6, 6.07) is -0.135. The summed E-state index contributed by atoms with van der Waals surface area (Å²) in [7, 11) is 0. The van der Waals surface area contributed by atoms with Crippen LogP contribution in [0.3, 0.4) is 0 Å². The molecule has 2 unspecified atom stereocenters. The zero-order valence-electron chi connectivity index (χ0n) is 10.3. The average Bonchev–Trinajstić information content (AvgIpc) is 2.29. The number of hydrogen-bond donors (Lipinski definition) is 3. The van der Waals surface area contributed by atoms with Gasteiger partial charge in [-0.15, -0.1) is 0 Å². The van der Waals surface area contributed by atoms with Gasteiger partial charge >= 0.3 is 0 Å². The van der Waals surface area contributed by atoms with Crippen molar-refractivity contribution in [2.24, 2.45) is 11.8 Å². The average molecular weight is 228 g/mol. The summed E-state index contributed by atoms with van der Waals surface area (Å²) in [5, 5.41) is 15.0. The largest absolute Gasteiger partial charge is 0.394 e. The molecule has 0 aromatic heterocycles. The maximum absolute atomic E-state index is 11.6. The number of rotatable bonds is 5. The van der Waals surface area contributed by atoms with Crippen molar-refractivity contribution in [2.45, 2.75) is 39.2 Å². The van der Waals surface area contributed by atoms with Crippen molar-refractivity contribution in [3.63, 3.8) is 0 Å². The van der Waals surface area contributed by atoms with Crippen LogP contribution in [-0.4, -0.2) is 36.8 Å². The van der Waals surface area contributed by atoms with Crippen molar-refractivity contribution in [3.05, 3.63) is 0 Å². The molecule has 1 saturated heterocycles. The highest BCUT2D eigenvalue weighted by molar-refractivity contribution is 5.76. The summed E-state index contributed by atoms with van der Waals surface area (Å²) < 4.78 is 0. The molecule has 1 rings (SSSR count). The smallest absolute Gasteiger partial charge is 0.220 e. The minimum atomic E-state index is -0.135. The Bertz CT molecular complexity index is 215. The van der Waals surface area contributed by atoms with Gasteiger partial charge in [-0.05, 0) is 44.7 Å². The van der Waals surface area contributed by atoms with Crippen molar-refractivity contribution in [3.8, 4) is 0 Å². The van der Waals surface area contributed by atoms with Crippen LogP contribution >= 0.6 is 0 Å². The lowest BCUT2D eigenvalue weighted by Crippen LogP contribution is -2.38. The van der Waals surface area contributed by atoms with Crippen LogP contribution in [0.1, 0.15) is 33.1 Å². The van der Waals surface area contributed by atoms with Gasteiger partial charge in [0.25, 0.3) is 0 Å². The molecule has 0 radical (unpaired) electrons. The number of aliphatic hydroxyl groups is 1. The van der Waals surface area contributed by atoms with Crippen molar-refractivity contribution >= 4 is 5.91 Å². The lowest BCUT2D eigenvalue weighted by atomic mass is 9.85. The first-order chi connectivity index (χ1) is 7.63. The SMILES string of the molecule is CC(CC(=O)N[C@H](C)CO)C1CCCNC1. The van der Waals surface area contributed by atoms with E-state index in [1.54, 1.807) is 0 Å². The number of aliphatic hydroxyl groups excluding tert-OH is 1. The molecule has 0 bridgehead atoms. The topological polar surface area (TPSA) is 61.4 Å². The summed E-state index contributed by atoms with van der Waals surface area (Å²) in [5.41, 5.74) is 0. The van der Waals surface area contributed by atoms with E-state index in [0.717, 1.165) is 13.1 Å². The van der Waals surface area contributed by atoms with Gasteiger partial charge in [-0.1, -0.05) is 6.92 Å². The Labute approximate surface area is 97.8 Å². The van der Waals surface area contributed by atoms with E-state index in [-0.39, 0.29) is 18.6 Å². The molecule has 3 N–H and O–H groups in total. The van der Waals surface area contributed by atoms with Gasteiger partial charge in [0.05, 0.1) is 6.61 Å². The molecular formula is C12H24N2O2. The molecule has 1 fully saturated rings. The van der Waals surface area contributed by atoms with Crippen molar-refractivity contribution in [2.75, 3.05) is 19.7 Å². The molecule has 16 heavy (non-hydrogen) atoms. The second-order valence-electron chi connectivity index (χ2n) is 4.94. The maximum Gasteiger partial charge on any atom is 0.220 e. The van der Waals surface area contributed by atoms with Gasteiger partial charge in [0.15, 0.2) is 0 Å². The van der Waals surface area contributed by atoms with Crippen molar-refractivity contribution < 1.29 is 9.90 Å². The van der Waals surface area contributed by atoms with E-state index < -0.39 is 0 Å². The standard InChI is InChI=1S/C12H24N2O2/c1-9(11-4-3-5-13-7-11)6-12(16)14-10(2)8-15/h9-11,13,15H,3-8H2,1-2H3,(H,14,16)/t9?,10-,11?/m1/s1. The molecule has 3 atom stereocenters. The van der Waals surface area contributed by atoms with Gasteiger partial charge in [-0.2, -0.15) is 0 Å². The molecule has 1 amide bonds. The van der Waals surface area contributed by atoms with Crippen molar-refractivity contribution in [1.29, 1.82) is 0 Å². The fourth-order valence-corrected chi connectivity index (χ4v) is 2.20. The van der Waals surface area contributed by atoms with Crippen LogP contribution in [0, 0.1) is 11.8 Å².